The van der Waals surface area contributed by atoms with E-state index in [1.165, 1.54) is 6.92 Å². The number of nitrogens with one attached hydrogen (secondary N) is 1. The summed E-state index contributed by atoms with van der Waals surface area (Å²) in [5.74, 6) is -0.0853. The van der Waals surface area contributed by atoms with Gasteiger partial charge in [0.15, 0.2) is 0 Å². The molecule has 0 saturated carbocycles. The molecule has 1 N–H and O–H groups in total. The number of amides is 2. The maximum absolute atomic E-state index is 11.8. The maximum Gasteiger partial charge on any atom is 0.222 e. The van der Waals surface area contributed by atoms with Crippen LogP contribution in [0.25, 0.3) is 0 Å². The minimum atomic E-state index is -0.0650. The van der Waals surface area contributed by atoms with Crippen LogP contribution in [-0.4, -0.2) is 48.5 Å². The monoisotopic (exact) mass is 293 g/mol. The van der Waals surface area contributed by atoms with Crippen LogP contribution in [0.5, 0.6) is 0 Å². The molecule has 0 saturated heterocycles. The van der Waals surface area contributed by atoms with Gasteiger partial charge in [-0.15, -0.1) is 0 Å². The van der Waals surface area contributed by atoms with Crippen molar-refractivity contribution < 1.29 is 14.3 Å². The topological polar surface area (TPSA) is 71.5 Å². The van der Waals surface area contributed by atoms with Crippen LogP contribution in [0, 0.1) is 0 Å². The van der Waals surface area contributed by atoms with E-state index in [0.717, 1.165) is 12.0 Å². The van der Waals surface area contributed by atoms with Crippen molar-refractivity contribution in [2.24, 2.45) is 0 Å². The fraction of sp³-hybridized carbons (Fsp3) is 0.533. The molecule has 1 rings (SSSR count). The van der Waals surface area contributed by atoms with Crippen molar-refractivity contribution in [1.29, 1.82) is 0 Å². The molecule has 1 aromatic rings. The van der Waals surface area contributed by atoms with E-state index < -0.39 is 0 Å². The molecule has 21 heavy (non-hydrogen) atoms. The fourth-order valence-electron chi connectivity index (χ4n) is 1.85. The van der Waals surface area contributed by atoms with Crippen LogP contribution in [0.1, 0.15) is 25.3 Å². The summed E-state index contributed by atoms with van der Waals surface area (Å²) in [7, 11) is 1.63. The van der Waals surface area contributed by atoms with Gasteiger partial charge in [-0.2, -0.15) is 0 Å². The number of hydrogen-bond donors (Lipinski definition) is 1. The van der Waals surface area contributed by atoms with Crippen LogP contribution in [0.4, 0.5) is 0 Å². The van der Waals surface area contributed by atoms with E-state index in [2.05, 4.69) is 10.3 Å². The van der Waals surface area contributed by atoms with Gasteiger partial charge < -0.3 is 15.0 Å². The Kier molecular flexibility index (Phi) is 8.04. The number of carbonyl (C=O) groups excluding carboxylic acids is 2. The number of rotatable bonds is 9. The predicted octanol–water partition coefficient (Wildman–Crippen LogP) is 0.973. The Morgan fingerprint density at radius 3 is 2.62 bits per heavy atom. The summed E-state index contributed by atoms with van der Waals surface area (Å²) in [5, 5.41) is 2.83. The third-order valence-corrected chi connectivity index (χ3v) is 3.07. The van der Waals surface area contributed by atoms with Crippen LogP contribution in [-0.2, 0) is 20.9 Å². The Bertz CT molecular complexity index is 437. The first-order valence-corrected chi connectivity index (χ1v) is 7.03. The highest BCUT2D eigenvalue weighted by Crippen LogP contribution is 1.98. The van der Waals surface area contributed by atoms with Gasteiger partial charge in [0.25, 0.3) is 0 Å². The molecular formula is C15H23N3O3. The van der Waals surface area contributed by atoms with Crippen molar-refractivity contribution in [3.8, 4) is 0 Å². The third kappa shape index (κ3) is 7.41. The average molecular weight is 293 g/mol. The predicted molar refractivity (Wildman–Crippen MR) is 79.4 cm³/mol. The first kappa shape index (κ1) is 17.1. The number of nitrogens with zero attached hydrogens (tertiary/aromatic N) is 2. The summed E-state index contributed by atoms with van der Waals surface area (Å²) in [5.41, 5.74) is 1.00. The molecule has 0 aliphatic rings. The van der Waals surface area contributed by atoms with Crippen molar-refractivity contribution in [1.82, 2.24) is 15.2 Å². The van der Waals surface area contributed by atoms with Gasteiger partial charge in [0.1, 0.15) is 0 Å². The highest BCUT2D eigenvalue weighted by Gasteiger charge is 2.10. The van der Waals surface area contributed by atoms with Crippen molar-refractivity contribution in [3.05, 3.63) is 30.1 Å². The van der Waals surface area contributed by atoms with Crippen LogP contribution < -0.4 is 5.32 Å². The average Bonchev–Trinajstić information content (AvgIpc) is 2.49. The lowest BCUT2D eigenvalue weighted by Gasteiger charge is -2.20. The Hall–Kier alpha value is -1.95. The summed E-state index contributed by atoms with van der Waals surface area (Å²) in [6.07, 6.45) is 4.45. The summed E-state index contributed by atoms with van der Waals surface area (Å²) < 4.78 is 4.96. The number of aromatic nitrogens is 1. The zero-order valence-corrected chi connectivity index (χ0v) is 12.7. The van der Waals surface area contributed by atoms with Crippen LogP contribution in [0.2, 0.25) is 0 Å². The lowest BCUT2D eigenvalue weighted by molar-refractivity contribution is -0.129. The normalized spacial score (nSPS) is 10.2. The van der Waals surface area contributed by atoms with Crippen LogP contribution >= 0.6 is 0 Å². The third-order valence-electron chi connectivity index (χ3n) is 3.07. The Labute approximate surface area is 125 Å². The first-order chi connectivity index (χ1) is 10.1. The van der Waals surface area contributed by atoms with E-state index in [0.29, 0.717) is 32.7 Å². The zero-order chi connectivity index (χ0) is 15.5. The molecule has 1 heterocycles. The molecule has 6 heteroatoms. The Balaban J connectivity index is 2.27. The van der Waals surface area contributed by atoms with Gasteiger partial charge in [-0.25, -0.2) is 0 Å². The van der Waals surface area contributed by atoms with E-state index in [1.807, 2.05) is 12.1 Å². The van der Waals surface area contributed by atoms with Crippen molar-refractivity contribution in [2.75, 3.05) is 26.8 Å². The summed E-state index contributed by atoms with van der Waals surface area (Å²) in [6.45, 7) is 3.65. The number of ether oxygens (including phenoxy) is 1. The van der Waals surface area contributed by atoms with Gasteiger partial charge in [0.2, 0.25) is 11.8 Å². The van der Waals surface area contributed by atoms with E-state index in [-0.39, 0.29) is 11.8 Å². The van der Waals surface area contributed by atoms with Gasteiger partial charge in [0, 0.05) is 59.1 Å². The molecule has 0 fully saturated rings. The van der Waals surface area contributed by atoms with E-state index in [9.17, 15) is 9.59 Å². The molecule has 2 amide bonds. The smallest absolute Gasteiger partial charge is 0.222 e. The Morgan fingerprint density at radius 2 is 2.00 bits per heavy atom. The molecule has 0 atom stereocenters. The largest absolute Gasteiger partial charge is 0.385 e. The zero-order valence-electron chi connectivity index (χ0n) is 12.7. The van der Waals surface area contributed by atoms with Crippen LogP contribution in [0.3, 0.4) is 0 Å². The number of carbonyl (C=O) groups is 2. The van der Waals surface area contributed by atoms with E-state index in [4.69, 9.17) is 4.74 Å². The minimum absolute atomic E-state index is 0.0203. The molecule has 0 aliphatic heterocycles. The lowest BCUT2D eigenvalue weighted by Crippen LogP contribution is -2.34. The number of pyridine rings is 1. The molecule has 1 aromatic heterocycles. The quantitative estimate of drug-likeness (QED) is 0.689. The standard InChI is InChI=1S/C15H23N3O3/c1-13(19)18(9-3-11-21-2)10-6-15(20)17-12-14-4-7-16-8-5-14/h4-5,7-8H,3,6,9-12H2,1-2H3,(H,17,20). The summed E-state index contributed by atoms with van der Waals surface area (Å²) in [6, 6.07) is 3.71. The number of hydrogen-bond acceptors (Lipinski definition) is 4. The lowest BCUT2D eigenvalue weighted by atomic mass is 10.2. The molecule has 0 aliphatic carbocycles. The Morgan fingerprint density at radius 1 is 1.29 bits per heavy atom. The van der Waals surface area contributed by atoms with Crippen molar-refractivity contribution in [2.45, 2.75) is 26.3 Å². The fourth-order valence-corrected chi connectivity index (χ4v) is 1.85. The molecule has 116 valence electrons. The highest BCUT2D eigenvalue weighted by atomic mass is 16.5. The maximum atomic E-state index is 11.8. The van der Waals surface area contributed by atoms with E-state index in [1.54, 1.807) is 24.4 Å². The molecule has 0 bridgehead atoms. The van der Waals surface area contributed by atoms with Gasteiger partial charge in [-0.05, 0) is 24.1 Å². The van der Waals surface area contributed by atoms with E-state index >= 15 is 0 Å². The van der Waals surface area contributed by atoms with Crippen molar-refractivity contribution in [3.63, 3.8) is 0 Å². The van der Waals surface area contributed by atoms with Crippen LogP contribution in [0.15, 0.2) is 24.5 Å². The highest BCUT2D eigenvalue weighted by molar-refractivity contribution is 5.78. The SMILES string of the molecule is COCCCN(CCC(=O)NCc1ccncc1)C(C)=O. The van der Waals surface area contributed by atoms with Gasteiger partial charge in [-0.1, -0.05) is 0 Å². The molecule has 0 radical (unpaired) electrons. The van der Waals surface area contributed by atoms with Gasteiger partial charge in [-0.3, -0.25) is 14.6 Å². The second kappa shape index (κ2) is 9.88. The second-order valence-corrected chi connectivity index (χ2v) is 4.73. The summed E-state index contributed by atoms with van der Waals surface area (Å²) >= 11 is 0. The molecule has 0 aromatic carbocycles. The second-order valence-electron chi connectivity index (χ2n) is 4.73. The molecule has 0 spiro atoms. The van der Waals surface area contributed by atoms with Gasteiger partial charge in [0.05, 0.1) is 0 Å². The molecule has 6 nitrogen and oxygen atoms in total. The molecular weight excluding hydrogens is 270 g/mol. The summed E-state index contributed by atoms with van der Waals surface area (Å²) in [4.78, 5) is 28.9. The minimum Gasteiger partial charge on any atom is -0.385 e. The molecule has 0 unspecified atom stereocenters. The van der Waals surface area contributed by atoms with Gasteiger partial charge >= 0.3 is 0 Å². The number of methoxy groups -OCH3 is 1. The first-order valence-electron chi connectivity index (χ1n) is 7.03. The van der Waals surface area contributed by atoms with Crippen molar-refractivity contribution >= 4 is 11.8 Å².